The number of benzene rings is 1. The van der Waals surface area contributed by atoms with Gasteiger partial charge in [-0.25, -0.2) is 4.79 Å². The lowest BCUT2D eigenvalue weighted by atomic mass is 10.00. The van der Waals surface area contributed by atoms with Crippen molar-refractivity contribution in [3.8, 4) is 0 Å². The summed E-state index contributed by atoms with van der Waals surface area (Å²) in [4.78, 5) is 38.2. The minimum atomic E-state index is -1.20. The number of aliphatic carboxylic acids is 1. The van der Waals surface area contributed by atoms with E-state index < -0.39 is 24.0 Å². The lowest BCUT2D eigenvalue weighted by Gasteiger charge is -2.34. The summed E-state index contributed by atoms with van der Waals surface area (Å²) in [6.07, 6.45) is 3.50. The maximum Gasteiger partial charge on any atom is 0.328 e. The van der Waals surface area contributed by atoms with E-state index in [0.717, 1.165) is 12.8 Å². The fourth-order valence-corrected chi connectivity index (χ4v) is 2.90. The molecule has 0 spiro atoms. The van der Waals surface area contributed by atoms with Crippen molar-refractivity contribution in [1.82, 2.24) is 10.2 Å². The number of rotatable bonds is 9. The van der Waals surface area contributed by atoms with E-state index in [1.807, 2.05) is 6.07 Å². The molecule has 140 valence electrons. The lowest BCUT2D eigenvalue weighted by Crippen LogP contribution is -2.51. The number of piperidine rings is 1. The van der Waals surface area contributed by atoms with Gasteiger partial charge in [-0.3, -0.25) is 9.59 Å². The monoisotopic (exact) mass is 360 g/mol. The Hall–Kier alpha value is -2.67. The molecule has 1 aliphatic heterocycles. The zero-order valence-electron chi connectivity index (χ0n) is 14.6. The first-order valence-corrected chi connectivity index (χ1v) is 8.61. The standard InChI is InChI=1S/C19H24N2O5/c1-2-12-26-13-15(19(24)25)20-18(23)17(14-8-4-3-5-9-14)21-11-7-6-10-16(21)22/h2-5,8-9,15,17H,1,6-7,10-13H2,(H,20,23)(H,24,25). The number of carboxylic acid groups (broad SMARTS) is 1. The minimum Gasteiger partial charge on any atom is -0.480 e. The maximum absolute atomic E-state index is 12.9. The van der Waals surface area contributed by atoms with E-state index >= 15 is 0 Å². The van der Waals surface area contributed by atoms with Crippen molar-refractivity contribution in [3.63, 3.8) is 0 Å². The summed E-state index contributed by atoms with van der Waals surface area (Å²) in [6.45, 7) is 3.97. The summed E-state index contributed by atoms with van der Waals surface area (Å²) in [7, 11) is 0. The number of amides is 2. The van der Waals surface area contributed by atoms with Crippen molar-refractivity contribution in [1.29, 1.82) is 0 Å². The number of ether oxygens (including phenoxy) is 1. The number of hydrogen-bond acceptors (Lipinski definition) is 4. The van der Waals surface area contributed by atoms with Crippen LogP contribution in [0.4, 0.5) is 0 Å². The van der Waals surface area contributed by atoms with Crippen molar-refractivity contribution in [3.05, 3.63) is 48.6 Å². The molecule has 0 aliphatic carbocycles. The van der Waals surface area contributed by atoms with E-state index in [1.165, 1.54) is 11.0 Å². The van der Waals surface area contributed by atoms with Gasteiger partial charge in [0.1, 0.15) is 6.04 Å². The van der Waals surface area contributed by atoms with Gasteiger partial charge in [-0.05, 0) is 18.4 Å². The van der Waals surface area contributed by atoms with E-state index in [9.17, 15) is 19.5 Å². The predicted octanol–water partition coefficient (Wildman–Crippen LogP) is 1.51. The van der Waals surface area contributed by atoms with E-state index in [-0.39, 0.29) is 19.1 Å². The predicted molar refractivity (Wildman–Crippen MR) is 95.3 cm³/mol. The number of hydrogen-bond donors (Lipinski definition) is 2. The molecule has 2 atom stereocenters. The van der Waals surface area contributed by atoms with Crippen LogP contribution in [0.15, 0.2) is 43.0 Å². The van der Waals surface area contributed by atoms with Crippen LogP contribution < -0.4 is 5.32 Å². The Balaban J connectivity index is 2.20. The molecule has 2 N–H and O–H groups in total. The van der Waals surface area contributed by atoms with E-state index in [2.05, 4.69) is 11.9 Å². The van der Waals surface area contributed by atoms with Gasteiger partial charge < -0.3 is 20.1 Å². The van der Waals surface area contributed by atoms with Gasteiger partial charge >= 0.3 is 5.97 Å². The molecule has 2 unspecified atom stereocenters. The molecule has 1 aromatic carbocycles. The molecule has 0 aromatic heterocycles. The van der Waals surface area contributed by atoms with Crippen molar-refractivity contribution < 1.29 is 24.2 Å². The van der Waals surface area contributed by atoms with Crippen LogP contribution in [0, 0.1) is 0 Å². The lowest BCUT2D eigenvalue weighted by molar-refractivity contribution is -0.147. The van der Waals surface area contributed by atoms with Gasteiger partial charge in [0.05, 0.1) is 13.2 Å². The molecule has 0 bridgehead atoms. The van der Waals surface area contributed by atoms with Gasteiger partial charge in [0.15, 0.2) is 6.04 Å². The van der Waals surface area contributed by atoms with Crippen LogP contribution in [-0.4, -0.2) is 53.6 Å². The molecular weight excluding hydrogens is 336 g/mol. The molecule has 2 rings (SSSR count). The van der Waals surface area contributed by atoms with Crippen LogP contribution in [0.2, 0.25) is 0 Å². The highest BCUT2D eigenvalue weighted by atomic mass is 16.5. The smallest absolute Gasteiger partial charge is 0.328 e. The van der Waals surface area contributed by atoms with Gasteiger partial charge in [-0.1, -0.05) is 36.4 Å². The first-order chi connectivity index (χ1) is 12.5. The third-order valence-electron chi connectivity index (χ3n) is 4.17. The fourth-order valence-electron chi connectivity index (χ4n) is 2.90. The maximum atomic E-state index is 12.9. The molecule has 2 amide bonds. The Bertz CT molecular complexity index is 647. The Morgan fingerprint density at radius 1 is 1.31 bits per heavy atom. The highest BCUT2D eigenvalue weighted by Gasteiger charge is 2.34. The third kappa shape index (κ3) is 5.16. The number of carboxylic acids is 1. The largest absolute Gasteiger partial charge is 0.480 e. The summed E-state index contributed by atoms with van der Waals surface area (Å²) < 4.78 is 5.17. The Kier molecular flexibility index (Phi) is 7.35. The topological polar surface area (TPSA) is 95.9 Å². The van der Waals surface area contributed by atoms with E-state index in [0.29, 0.717) is 18.5 Å². The Labute approximate surface area is 152 Å². The third-order valence-corrected chi connectivity index (χ3v) is 4.17. The van der Waals surface area contributed by atoms with Crippen molar-refractivity contribution in [2.45, 2.75) is 31.3 Å². The normalized spacial score (nSPS) is 16.6. The molecule has 1 heterocycles. The first-order valence-electron chi connectivity index (χ1n) is 8.61. The summed E-state index contributed by atoms with van der Waals surface area (Å²) in [5, 5.41) is 11.8. The van der Waals surface area contributed by atoms with Gasteiger partial charge in [-0.15, -0.1) is 6.58 Å². The second-order valence-electron chi connectivity index (χ2n) is 6.08. The fraction of sp³-hybridized carbons (Fsp3) is 0.421. The van der Waals surface area contributed by atoms with E-state index in [1.54, 1.807) is 24.3 Å². The van der Waals surface area contributed by atoms with Crippen LogP contribution in [0.25, 0.3) is 0 Å². The Morgan fingerprint density at radius 3 is 2.65 bits per heavy atom. The van der Waals surface area contributed by atoms with Crippen LogP contribution in [0.3, 0.4) is 0 Å². The number of carbonyl (C=O) groups excluding carboxylic acids is 2. The average Bonchev–Trinajstić information content (AvgIpc) is 2.63. The number of carbonyl (C=O) groups is 3. The molecule has 1 aromatic rings. The van der Waals surface area contributed by atoms with Crippen molar-refractivity contribution >= 4 is 17.8 Å². The highest BCUT2D eigenvalue weighted by molar-refractivity contribution is 5.91. The van der Waals surface area contributed by atoms with Crippen molar-refractivity contribution in [2.24, 2.45) is 0 Å². The summed E-state index contributed by atoms with van der Waals surface area (Å²) in [6, 6.07) is 6.85. The molecule has 26 heavy (non-hydrogen) atoms. The molecule has 0 radical (unpaired) electrons. The van der Waals surface area contributed by atoms with Gasteiger partial charge in [0, 0.05) is 13.0 Å². The minimum absolute atomic E-state index is 0.102. The molecule has 0 saturated carbocycles. The number of nitrogens with one attached hydrogen (secondary N) is 1. The second-order valence-corrected chi connectivity index (χ2v) is 6.08. The summed E-state index contributed by atoms with van der Waals surface area (Å²) >= 11 is 0. The van der Waals surface area contributed by atoms with Gasteiger partial charge in [0.25, 0.3) is 0 Å². The number of nitrogens with zero attached hydrogens (tertiary/aromatic N) is 1. The van der Waals surface area contributed by atoms with Gasteiger partial charge in [0.2, 0.25) is 11.8 Å². The zero-order valence-corrected chi connectivity index (χ0v) is 14.6. The van der Waals surface area contributed by atoms with Gasteiger partial charge in [-0.2, -0.15) is 0 Å². The number of likely N-dealkylation sites (tertiary alicyclic amines) is 1. The molecular formula is C19H24N2O5. The molecule has 7 nitrogen and oxygen atoms in total. The summed E-state index contributed by atoms with van der Waals surface area (Å²) in [5.41, 5.74) is 0.649. The average molecular weight is 360 g/mol. The quantitative estimate of drug-likeness (QED) is 0.514. The summed E-state index contributed by atoms with van der Waals surface area (Å²) in [5.74, 6) is -1.82. The van der Waals surface area contributed by atoms with Crippen LogP contribution >= 0.6 is 0 Å². The van der Waals surface area contributed by atoms with Crippen LogP contribution in [0.5, 0.6) is 0 Å². The Morgan fingerprint density at radius 2 is 2.04 bits per heavy atom. The van der Waals surface area contributed by atoms with Crippen LogP contribution in [0.1, 0.15) is 30.9 Å². The van der Waals surface area contributed by atoms with E-state index in [4.69, 9.17) is 4.74 Å². The SMILES string of the molecule is C=CCOCC(NC(=O)C(c1ccccc1)N1CCCCC1=O)C(=O)O. The molecule has 1 aliphatic rings. The van der Waals surface area contributed by atoms with Crippen molar-refractivity contribution in [2.75, 3.05) is 19.8 Å². The molecule has 7 heteroatoms. The van der Waals surface area contributed by atoms with Crippen LogP contribution in [-0.2, 0) is 19.1 Å². The molecule has 1 fully saturated rings. The molecule has 1 saturated heterocycles. The zero-order chi connectivity index (χ0) is 18.9. The highest BCUT2D eigenvalue weighted by Crippen LogP contribution is 2.26. The second kappa shape index (κ2) is 9.72. The first kappa shape index (κ1) is 19.7.